The first kappa shape index (κ1) is 16.8. The van der Waals surface area contributed by atoms with Gasteiger partial charge < -0.3 is 0 Å². The Hall–Kier alpha value is -2.58. The first-order chi connectivity index (χ1) is 10.8. The van der Waals surface area contributed by atoms with Gasteiger partial charge in [0, 0.05) is 11.3 Å². The highest BCUT2D eigenvalue weighted by Gasteiger charge is 2.20. The zero-order valence-corrected chi connectivity index (χ0v) is 13.7. The molecule has 0 aliphatic rings. The van der Waals surface area contributed by atoms with E-state index in [1.165, 1.54) is 0 Å². The van der Waals surface area contributed by atoms with E-state index in [1.54, 1.807) is 4.90 Å². The van der Waals surface area contributed by atoms with Gasteiger partial charge in [0.2, 0.25) is 0 Å². The number of halogens is 1. The molecular formula is C20H18ClNO. The van der Waals surface area contributed by atoms with E-state index in [4.69, 9.17) is 0 Å². The highest BCUT2D eigenvalue weighted by atomic mass is 35.5. The van der Waals surface area contributed by atoms with Crippen LogP contribution >= 0.6 is 12.4 Å². The van der Waals surface area contributed by atoms with E-state index in [1.807, 2.05) is 91.9 Å². The molecule has 0 saturated carbocycles. The molecule has 3 aromatic carbocycles. The van der Waals surface area contributed by atoms with Crippen molar-refractivity contribution in [2.75, 3.05) is 4.90 Å². The number of carbonyl (C=O) groups is 1. The lowest BCUT2D eigenvalue weighted by Crippen LogP contribution is -2.26. The summed E-state index contributed by atoms with van der Waals surface area (Å²) in [4.78, 5) is 14.8. The van der Waals surface area contributed by atoms with Crippen molar-refractivity contribution in [1.82, 2.24) is 0 Å². The SMILES string of the molecule is Cc1ccccc1N(C(=O)c1ccccc1)c1ccccc1.Cl. The summed E-state index contributed by atoms with van der Waals surface area (Å²) in [6.45, 7) is 2.02. The fraction of sp³-hybridized carbons (Fsp3) is 0.0500. The quantitative estimate of drug-likeness (QED) is 0.632. The molecule has 0 saturated heterocycles. The third-order valence-corrected chi connectivity index (χ3v) is 3.59. The van der Waals surface area contributed by atoms with Crippen LogP contribution in [0, 0.1) is 6.92 Å². The number of para-hydroxylation sites is 2. The van der Waals surface area contributed by atoms with Crippen LogP contribution in [0.3, 0.4) is 0 Å². The third-order valence-electron chi connectivity index (χ3n) is 3.59. The van der Waals surface area contributed by atoms with Crippen LogP contribution in [0.4, 0.5) is 11.4 Å². The van der Waals surface area contributed by atoms with E-state index in [-0.39, 0.29) is 18.3 Å². The molecule has 3 heteroatoms. The minimum Gasteiger partial charge on any atom is -0.277 e. The topological polar surface area (TPSA) is 20.3 Å². The largest absolute Gasteiger partial charge is 0.277 e. The van der Waals surface area contributed by atoms with Gasteiger partial charge in [0.05, 0.1) is 5.69 Å². The highest BCUT2D eigenvalue weighted by Crippen LogP contribution is 2.29. The molecule has 0 aliphatic carbocycles. The van der Waals surface area contributed by atoms with Gasteiger partial charge >= 0.3 is 0 Å². The van der Waals surface area contributed by atoms with E-state index in [9.17, 15) is 4.79 Å². The maximum Gasteiger partial charge on any atom is 0.262 e. The summed E-state index contributed by atoms with van der Waals surface area (Å²) in [6, 6.07) is 27.0. The molecule has 0 unspecified atom stereocenters. The van der Waals surface area contributed by atoms with Crippen molar-refractivity contribution in [2.24, 2.45) is 0 Å². The molecule has 0 atom stereocenters. The van der Waals surface area contributed by atoms with Gasteiger partial charge in [0.1, 0.15) is 0 Å². The molecule has 0 N–H and O–H groups in total. The number of nitrogens with zero attached hydrogens (tertiary/aromatic N) is 1. The van der Waals surface area contributed by atoms with E-state index in [0.717, 1.165) is 16.9 Å². The molecule has 0 heterocycles. The molecule has 0 radical (unpaired) electrons. The Balaban J connectivity index is 0.00000192. The van der Waals surface area contributed by atoms with Gasteiger partial charge in [0.15, 0.2) is 0 Å². The Labute approximate surface area is 142 Å². The highest BCUT2D eigenvalue weighted by molar-refractivity contribution is 6.11. The number of amides is 1. The maximum absolute atomic E-state index is 13.0. The van der Waals surface area contributed by atoms with Gasteiger partial charge in [-0.25, -0.2) is 0 Å². The second kappa shape index (κ2) is 7.61. The lowest BCUT2D eigenvalue weighted by molar-refractivity contribution is 0.0999. The van der Waals surface area contributed by atoms with Crippen molar-refractivity contribution < 1.29 is 4.79 Å². The first-order valence-corrected chi connectivity index (χ1v) is 7.27. The van der Waals surface area contributed by atoms with Gasteiger partial charge in [-0.3, -0.25) is 9.69 Å². The number of carbonyl (C=O) groups excluding carboxylic acids is 1. The summed E-state index contributed by atoms with van der Waals surface area (Å²) in [6.07, 6.45) is 0. The van der Waals surface area contributed by atoms with Crippen LogP contribution in [0.1, 0.15) is 15.9 Å². The van der Waals surface area contributed by atoms with Crippen molar-refractivity contribution in [2.45, 2.75) is 6.92 Å². The maximum atomic E-state index is 13.0. The smallest absolute Gasteiger partial charge is 0.262 e. The van der Waals surface area contributed by atoms with Gasteiger partial charge in [-0.15, -0.1) is 12.4 Å². The van der Waals surface area contributed by atoms with Crippen LogP contribution in [0.25, 0.3) is 0 Å². The third kappa shape index (κ3) is 3.61. The summed E-state index contributed by atoms with van der Waals surface area (Å²) in [5, 5.41) is 0. The van der Waals surface area contributed by atoms with E-state index >= 15 is 0 Å². The molecule has 3 aromatic rings. The minimum atomic E-state index is -0.0268. The van der Waals surface area contributed by atoms with Crippen molar-refractivity contribution in [3.63, 3.8) is 0 Å². The summed E-state index contributed by atoms with van der Waals surface area (Å²) < 4.78 is 0. The van der Waals surface area contributed by atoms with E-state index in [2.05, 4.69) is 0 Å². The molecule has 0 bridgehead atoms. The summed E-state index contributed by atoms with van der Waals surface area (Å²) in [7, 11) is 0. The van der Waals surface area contributed by atoms with Crippen LogP contribution in [0.15, 0.2) is 84.9 Å². The Bertz CT molecular complexity index is 772. The molecule has 116 valence electrons. The average molecular weight is 324 g/mol. The van der Waals surface area contributed by atoms with Crippen LogP contribution < -0.4 is 4.90 Å². The van der Waals surface area contributed by atoms with Gasteiger partial charge in [-0.1, -0.05) is 54.6 Å². The number of anilines is 2. The second-order valence-electron chi connectivity index (χ2n) is 5.13. The molecule has 0 spiro atoms. The summed E-state index contributed by atoms with van der Waals surface area (Å²) >= 11 is 0. The van der Waals surface area contributed by atoms with E-state index < -0.39 is 0 Å². The molecule has 0 aliphatic heterocycles. The fourth-order valence-electron chi connectivity index (χ4n) is 2.47. The van der Waals surface area contributed by atoms with Crippen LogP contribution in [0.5, 0.6) is 0 Å². The molecule has 0 aromatic heterocycles. The monoisotopic (exact) mass is 323 g/mol. The molecule has 0 fully saturated rings. The Morgan fingerprint density at radius 3 is 1.87 bits per heavy atom. The molecule has 1 amide bonds. The predicted octanol–water partition coefficient (Wildman–Crippen LogP) is 5.40. The lowest BCUT2D eigenvalue weighted by Gasteiger charge is -2.24. The summed E-state index contributed by atoms with van der Waals surface area (Å²) in [5.74, 6) is -0.0268. The number of hydrogen-bond acceptors (Lipinski definition) is 1. The van der Waals surface area contributed by atoms with Gasteiger partial charge in [-0.2, -0.15) is 0 Å². The van der Waals surface area contributed by atoms with Crippen molar-refractivity contribution >= 4 is 29.7 Å². The Morgan fingerprint density at radius 2 is 1.26 bits per heavy atom. The second-order valence-corrected chi connectivity index (χ2v) is 5.13. The first-order valence-electron chi connectivity index (χ1n) is 7.27. The molecule has 3 rings (SSSR count). The number of benzene rings is 3. The Morgan fingerprint density at radius 1 is 0.739 bits per heavy atom. The molecule has 2 nitrogen and oxygen atoms in total. The Kier molecular flexibility index (Phi) is 5.56. The van der Waals surface area contributed by atoms with Crippen LogP contribution in [-0.2, 0) is 0 Å². The normalized spacial score (nSPS) is 9.78. The van der Waals surface area contributed by atoms with Crippen LogP contribution in [-0.4, -0.2) is 5.91 Å². The predicted molar refractivity (Wildman–Crippen MR) is 97.8 cm³/mol. The number of aryl methyl sites for hydroxylation is 1. The zero-order valence-electron chi connectivity index (χ0n) is 12.8. The lowest BCUT2D eigenvalue weighted by atomic mass is 10.1. The standard InChI is InChI=1S/C20H17NO.ClH/c1-16-10-8-9-15-19(16)21(18-13-6-3-7-14-18)20(22)17-11-4-2-5-12-17;/h2-15H,1H3;1H. The number of hydrogen-bond donors (Lipinski definition) is 0. The zero-order chi connectivity index (χ0) is 15.4. The van der Waals surface area contributed by atoms with Crippen molar-refractivity contribution in [1.29, 1.82) is 0 Å². The minimum absolute atomic E-state index is 0. The van der Waals surface area contributed by atoms with Gasteiger partial charge in [0.25, 0.3) is 5.91 Å². The van der Waals surface area contributed by atoms with Crippen molar-refractivity contribution in [3.8, 4) is 0 Å². The fourth-order valence-corrected chi connectivity index (χ4v) is 2.47. The average Bonchev–Trinajstić information content (AvgIpc) is 2.58. The van der Waals surface area contributed by atoms with Crippen molar-refractivity contribution in [3.05, 3.63) is 96.1 Å². The van der Waals surface area contributed by atoms with Crippen LogP contribution in [0.2, 0.25) is 0 Å². The molecule has 23 heavy (non-hydrogen) atoms. The number of rotatable bonds is 3. The molecular weight excluding hydrogens is 306 g/mol. The summed E-state index contributed by atoms with van der Waals surface area (Å²) in [5.41, 5.74) is 3.51. The van der Waals surface area contributed by atoms with E-state index in [0.29, 0.717) is 5.56 Å². The van der Waals surface area contributed by atoms with Gasteiger partial charge in [-0.05, 0) is 42.8 Å².